The zero-order chi connectivity index (χ0) is 15.6. The normalized spacial score (nSPS) is 20.0. The van der Waals surface area contributed by atoms with Gasteiger partial charge in [-0.1, -0.05) is 0 Å². The molecule has 0 aromatic heterocycles. The van der Waals surface area contributed by atoms with Crippen LogP contribution < -0.4 is 11.1 Å². The number of alkyl halides is 6. The molecule has 0 aliphatic carbocycles. The van der Waals surface area contributed by atoms with Crippen molar-refractivity contribution in [3.8, 4) is 0 Å². The number of ether oxygens (including phenoxy) is 1. The zero-order valence-electron chi connectivity index (χ0n) is 10.3. The summed E-state index contributed by atoms with van der Waals surface area (Å²) in [6.45, 7) is -0.0368. The fourth-order valence-corrected chi connectivity index (χ4v) is 1.96. The van der Waals surface area contributed by atoms with E-state index in [0.29, 0.717) is 0 Å². The van der Waals surface area contributed by atoms with Gasteiger partial charge >= 0.3 is 12.4 Å². The van der Waals surface area contributed by atoms with E-state index in [9.17, 15) is 31.1 Å². The van der Waals surface area contributed by atoms with Crippen molar-refractivity contribution in [3.63, 3.8) is 0 Å². The third-order valence-corrected chi connectivity index (χ3v) is 3.15. The Morgan fingerprint density at radius 2 is 1.60 bits per heavy atom. The number of carbonyl (C=O) groups is 1. The number of carbonyl (C=O) groups excluding carboxylic acids is 1. The van der Waals surface area contributed by atoms with E-state index in [2.05, 4.69) is 0 Å². The maximum absolute atomic E-state index is 12.4. The minimum atomic E-state index is -5.71. The van der Waals surface area contributed by atoms with Gasteiger partial charge in [0.2, 0.25) is 11.8 Å². The van der Waals surface area contributed by atoms with Gasteiger partial charge < -0.3 is 15.8 Å². The summed E-state index contributed by atoms with van der Waals surface area (Å²) >= 11 is 0. The molecule has 1 saturated heterocycles. The van der Waals surface area contributed by atoms with E-state index < -0.39 is 29.7 Å². The second-order valence-electron chi connectivity index (χ2n) is 4.60. The molecule has 1 fully saturated rings. The van der Waals surface area contributed by atoms with Crippen LogP contribution in [0, 0.1) is 5.92 Å². The van der Waals surface area contributed by atoms with Gasteiger partial charge in [-0.3, -0.25) is 4.79 Å². The predicted molar refractivity (Wildman–Crippen MR) is 55.6 cm³/mol. The fourth-order valence-electron chi connectivity index (χ4n) is 1.96. The summed E-state index contributed by atoms with van der Waals surface area (Å²) in [6.07, 6.45) is -11.3. The van der Waals surface area contributed by atoms with E-state index in [4.69, 9.17) is 10.5 Å². The first kappa shape index (κ1) is 17.0. The van der Waals surface area contributed by atoms with Crippen molar-refractivity contribution in [3.05, 3.63) is 0 Å². The van der Waals surface area contributed by atoms with Crippen molar-refractivity contribution in [1.29, 1.82) is 0 Å². The molecule has 20 heavy (non-hydrogen) atoms. The molecule has 0 unspecified atom stereocenters. The van der Waals surface area contributed by atoms with E-state index in [1.54, 1.807) is 0 Å². The summed E-state index contributed by atoms with van der Waals surface area (Å²) in [7, 11) is 0. The molecule has 4 nitrogen and oxygen atoms in total. The van der Waals surface area contributed by atoms with Crippen molar-refractivity contribution in [2.45, 2.75) is 30.7 Å². The summed E-state index contributed by atoms with van der Waals surface area (Å²) in [5.74, 6) is -6.18. The molecule has 0 aromatic carbocycles. The van der Waals surface area contributed by atoms with Gasteiger partial charge in [0.1, 0.15) is 0 Å². The quantitative estimate of drug-likeness (QED) is 0.774. The van der Waals surface area contributed by atoms with Crippen LogP contribution in [0.4, 0.5) is 26.3 Å². The molecule has 0 saturated carbocycles. The number of halogens is 6. The lowest BCUT2D eigenvalue weighted by atomic mass is 9.89. The minimum Gasteiger partial charge on any atom is -0.381 e. The van der Waals surface area contributed by atoms with Gasteiger partial charge in [-0.2, -0.15) is 26.3 Å². The monoisotopic (exact) mass is 308 g/mol. The summed E-state index contributed by atoms with van der Waals surface area (Å²) < 4.78 is 79.4. The fraction of sp³-hybridized carbons (Fsp3) is 0.900. The van der Waals surface area contributed by atoms with Gasteiger partial charge in [0.05, 0.1) is 5.54 Å². The second kappa shape index (κ2) is 5.76. The molecule has 1 aliphatic heterocycles. The largest absolute Gasteiger partial charge is 0.409 e. The Labute approximate surface area is 110 Å². The third kappa shape index (κ3) is 3.98. The van der Waals surface area contributed by atoms with Gasteiger partial charge in [-0.25, -0.2) is 0 Å². The molecular formula is C10H14F6N2O2. The average Bonchev–Trinajstić information content (AvgIpc) is 2.25. The lowest BCUT2D eigenvalue weighted by molar-refractivity contribution is -0.274. The third-order valence-electron chi connectivity index (χ3n) is 3.15. The molecule has 1 aliphatic rings. The Kier molecular flexibility index (Phi) is 4.90. The maximum atomic E-state index is 12.4. The number of hydrogen-bond acceptors (Lipinski definition) is 3. The first-order valence-corrected chi connectivity index (χ1v) is 5.75. The lowest BCUT2D eigenvalue weighted by Crippen LogP contribution is -2.60. The van der Waals surface area contributed by atoms with E-state index in [1.807, 2.05) is 5.32 Å². The second-order valence-corrected chi connectivity index (χ2v) is 4.60. The van der Waals surface area contributed by atoms with Crippen molar-refractivity contribution in [2.24, 2.45) is 11.7 Å². The molecule has 0 atom stereocenters. The molecule has 1 heterocycles. The van der Waals surface area contributed by atoms with E-state index in [0.717, 1.165) is 0 Å². The molecule has 3 N–H and O–H groups in total. The van der Waals surface area contributed by atoms with Crippen LogP contribution in [-0.2, 0) is 9.53 Å². The van der Waals surface area contributed by atoms with E-state index >= 15 is 0 Å². The highest BCUT2D eigenvalue weighted by molar-refractivity contribution is 5.81. The van der Waals surface area contributed by atoms with Gasteiger partial charge in [0.25, 0.3) is 0 Å². The van der Waals surface area contributed by atoms with Crippen molar-refractivity contribution in [2.75, 3.05) is 19.8 Å². The molecule has 10 heteroatoms. The zero-order valence-corrected chi connectivity index (χ0v) is 10.3. The summed E-state index contributed by atoms with van der Waals surface area (Å²) in [5, 5.41) is 1.81. The van der Waals surface area contributed by atoms with Crippen LogP contribution in [0.2, 0.25) is 0 Å². The van der Waals surface area contributed by atoms with Gasteiger partial charge in [0, 0.05) is 19.8 Å². The van der Waals surface area contributed by atoms with E-state index in [1.165, 1.54) is 0 Å². The first-order valence-electron chi connectivity index (χ1n) is 5.75. The molecule has 0 radical (unpaired) electrons. The lowest BCUT2D eigenvalue weighted by Gasteiger charge is -2.38. The Hall–Kier alpha value is -1.03. The summed E-state index contributed by atoms with van der Waals surface area (Å²) in [6, 6.07) is 0. The smallest absolute Gasteiger partial charge is 0.381 e. The Bertz CT molecular complexity index is 335. The maximum Gasteiger partial charge on any atom is 0.409 e. The van der Waals surface area contributed by atoms with E-state index in [-0.39, 0.29) is 32.6 Å². The van der Waals surface area contributed by atoms with Gasteiger partial charge in [-0.15, -0.1) is 0 Å². The van der Waals surface area contributed by atoms with Crippen LogP contribution in [0.25, 0.3) is 0 Å². The molecule has 0 spiro atoms. The summed E-state index contributed by atoms with van der Waals surface area (Å²) in [5.41, 5.74) is 4.08. The molecule has 1 rings (SSSR count). The number of nitrogens with two attached hydrogens (primary N) is 1. The number of rotatable bonds is 3. The highest BCUT2D eigenvalue weighted by atomic mass is 19.4. The highest BCUT2D eigenvalue weighted by Gasteiger charge is 2.61. The average molecular weight is 308 g/mol. The standard InChI is InChI=1S/C10H14F6N2O2/c11-9(12,13)6(10(14,15)16)7(19)18-8(5-17)1-3-20-4-2-8/h6H,1-5,17H2,(H,18,19). The summed E-state index contributed by atoms with van der Waals surface area (Å²) in [4.78, 5) is 11.4. The van der Waals surface area contributed by atoms with Crippen LogP contribution in [-0.4, -0.2) is 43.6 Å². The van der Waals surface area contributed by atoms with Crippen molar-refractivity contribution >= 4 is 5.91 Å². The van der Waals surface area contributed by atoms with Crippen molar-refractivity contribution in [1.82, 2.24) is 5.32 Å². The Morgan fingerprint density at radius 3 is 1.95 bits per heavy atom. The highest BCUT2D eigenvalue weighted by Crippen LogP contribution is 2.39. The van der Waals surface area contributed by atoms with Crippen molar-refractivity contribution < 1.29 is 35.9 Å². The number of nitrogens with one attached hydrogen (secondary N) is 1. The molecular weight excluding hydrogens is 294 g/mol. The Balaban J connectivity index is 2.91. The topological polar surface area (TPSA) is 64.3 Å². The molecule has 0 bridgehead atoms. The number of hydrogen-bond donors (Lipinski definition) is 2. The van der Waals surface area contributed by atoms with Crippen LogP contribution in [0.1, 0.15) is 12.8 Å². The van der Waals surface area contributed by atoms with Gasteiger partial charge in [0.15, 0.2) is 0 Å². The molecule has 0 aromatic rings. The van der Waals surface area contributed by atoms with Crippen LogP contribution in [0.3, 0.4) is 0 Å². The Morgan fingerprint density at radius 1 is 1.15 bits per heavy atom. The predicted octanol–water partition coefficient (Wildman–Crippen LogP) is 1.35. The SMILES string of the molecule is NCC1(NC(=O)C(C(F)(F)F)C(F)(F)F)CCOCC1. The number of amides is 1. The molecule has 1 amide bonds. The first-order chi connectivity index (χ1) is 9.02. The van der Waals surface area contributed by atoms with Crippen LogP contribution in [0.15, 0.2) is 0 Å². The van der Waals surface area contributed by atoms with Crippen LogP contribution >= 0.6 is 0 Å². The molecule has 118 valence electrons. The van der Waals surface area contributed by atoms with Gasteiger partial charge in [-0.05, 0) is 12.8 Å². The minimum absolute atomic E-state index is 0.0671. The van der Waals surface area contributed by atoms with Crippen LogP contribution in [0.5, 0.6) is 0 Å².